The highest BCUT2D eigenvalue weighted by molar-refractivity contribution is 8.14. The van der Waals surface area contributed by atoms with Crippen molar-refractivity contribution in [2.75, 3.05) is 30.8 Å². The van der Waals surface area contributed by atoms with Gasteiger partial charge in [0.15, 0.2) is 0 Å². The number of fused-ring (bicyclic) bond motifs is 1. The van der Waals surface area contributed by atoms with Crippen LogP contribution in [0.5, 0.6) is 5.75 Å². The third kappa shape index (κ3) is 3.08. The van der Waals surface area contributed by atoms with Crippen LogP contribution in [0.25, 0.3) is 10.9 Å². The van der Waals surface area contributed by atoms with Crippen LogP contribution in [0.2, 0.25) is 0 Å². The van der Waals surface area contributed by atoms with Crippen LogP contribution in [-0.4, -0.2) is 44.9 Å². The van der Waals surface area contributed by atoms with E-state index in [2.05, 4.69) is 9.98 Å². The van der Waals surface area contributed by atoms with Gasteiger partial charge in [-0.25, -0.2) is 8.42 Å². The Morgan fingerprint density at radius 3 is 2.74 bits per heavy atom. The fourth-order valence-corrected chi connectivity index (χ4v) is 5.31. The summed E-state index contributed by atoms with van der Waals surface area (Å²) in [5.41, 5.74) is 2.26. The Kier molecular flexibility index (Phi) is 4.61. The zero-order chi connectivity index (χ0) is 19.0. The van der Waals surface area contributed by atoms with Gasteiger partial charge in [-0.2, -0.15) is 0 Å². The molecule has 2 heterocycles. The van der Waals surface area contributed by atoms with Gasteiger partial charge in [0.25, 0.3) is 10.0 Å². The molecule has 3 aromatic rings. The quantitative estimate of drug-likeness (QED) is 0.710. The van der Waals surface area contributed by atoms with Crippen molar-refractivity contribution < 1.29 is 13.2 Å². The molecule has 1 N–H and O–H groups in total. The molecule has 1 aliphatic heterocycles. The molecule has 27 heavy (non-hydrogen) atoms. The first-order valence-corrected chi connectivity index (χ1v) is 10.9. The summed E-state index contributed by atoms with van der Waals surface area (Å²) in [6.45, 7) is 0.810. The predicted octanol–water partition coefficient (Wildman–Crippen LogP) is 3.50. The average Bonchev–Trinajstić information content (AvgIpc) is 3.36. The normalized spacial score (nSPS) is 14.4. The molecule has 1 aromatic heterocycles. The van der Waals surface area contributed by atoms with Crippen LogP contribution < -0.4 is 9.04 Å². The van der Waals surface area contributed by atoms with Gasteiger partial charge in [-0.1, -0.05) is 24.3 Å². The van der Waals surface area contributed by atoms with Crippen molar-refractivity contribution in [2.45, 2.75) is 4.90 Å². The number of methoxy groups -OCH3 is 1. The highest BCUT2D eigenvalue weighted by Gasteiger charge is 2.26. The maximum Gasteiger partial charge on any atom is 0.267 e. The summed E-state index contributed by atoms with van der Waals surface area (Å²) >= 11 is 1.70. The lowest BCUT2D eigenvalue weighted by Crippen LogP contribution is -2.27. The number of hydrogen-bond acceptors (Lipinski definition) is 5. The van der Waals surface area contributed by atoms with E-state index in [-0.39, 0.29) is 4.90 Å². The number of rotatable bonds is 5. The maximum absolute atomic E-state index is 13.2. The Morgan fingerprint density at radius 1 is 1.19 bits per heavy atom. The number of sulfonamides is 1. The number of aliphatic imine (C=N–C) groups is 1. The van der Waals surface area contributed by atoms with E-state index in [4.69, 9.17) is 4.74 Å². The van der Waals surface area contributed by atoms with Crippen LogP contribution in [0.3, 0.4) is 0 Å². The molecule has 0 amide bonds. The molecule has 2 aromatic carbocycles. The van der Waals surface area contributed by atoms with Crippen molar-refractivity contribution >= 4 is 43.4 Å². The second-order valence-electron chi connectivity index (χ2n) is 6.08. The van der Waals surface area contributed by atoms with Crippen LogP contribution >= 0.6 is 11.8 Å². The molecule has 140 valence electrons. The summed E-state index contributed by atoms with van der Waals surface area (Å²) in [6.07, 6.45) is 0. The Morgan fingerprint density at radius 2 is 2.00 bits per heavy atom. The van der Waals surface area contributed by atoms with Crippen molar-refractivity contribution in [3.8, 4) is 5.75 Å². The number of hydrogen-bond donors (Lipinski definition) is 1. The zero-order valence-electron chi connectivity index (χ0n) is 15.0. The summed E-state index contributed by atoms with van der Waals surface area (Å²) in [7, 11) is -0.764. The molecule has 0 radical (unpaired) electrons. The van der Waals surface area contributed by atoms with Crippen LogP contribution in [0.4, 0.5) is 5.69 Å². The fraction of sp³-hybridized carbons (Fsp3) is 0.211. The summed E-state index contributed by atoms with van der Waals surface area (Å²) < 4.78 is 33.0. The number of benzene rings is 2. The van der Waals surface area contributed by atoms with Gasteiger partial charge in [-0.3, -0.25) is 9.30 Å². The van der Waals surface area contributed by atoms with Gasteiger partial charge in [-0.05, 0) is 24.3 Å². The molecule has 0 saturated heterocycles. The van der Waals surface area contributed by atoms with Crippen molar-refractivity contribution in [3.05, 3.63) is 54.2 Å². The van der Waals surface area contributed by atoms with Crippen molar-refractivity contribution in [1.29, 1.82) is 0 Å². The van der Waals surface area contributed by atoms with Gasteiger partial charge in [0.05, 0.1) is 24.0 Å². The first-order valence-electron chi connectivity index (χ1n) is 8.43. The number of thioether (sulfide) groups is 1. The molecule has 0 atom stereocenters. The monoisotopic (exact) mass is 401 g/mol. The highest BCUT2D eigenvalue weighted by atomic mass is 32.2. The lowest BCUT2D eigenvalue weighted by Gasteiger charge is -2.21. The molecule has 8 heteroatoms. The van der Waals surface area contributed by atoms with Gasteiger partial charge in [-0.15, -0.1) is 11.8 Å². The fourth-order valence-electron chi connectivity index (χ4n) is 3.12. The first kappa shape index (κ1) is 17.9. The predicted molar refractivity (Wildman–Crippen MR) is 111 cm³/mol. The van der Waals surface area contributed by atoms with E-state index in [0.29, 0.717) is 11.4 Å². The van der Waals surface area contributed by atoms with Gasteiger partial charge in [0.1, 0.15) is 15.7 Å². The van der Waals surface area contributed by atoms with Gasteiger partial charge in [0.2, 0.25) is 0 Å². The Bertz CT molecular complexity index is 1140. The number of nitrogens with zero attached hydrogens (tertiary/aromatic N) is 2. The molecule has 0 unspecified atom stereocenters. The van der Waals surface area contributed by atoms with Gasteiger partial charge in [0, 0.05) is 24.7 Å². The topological polar surface area (TPSA) is 74.8 Å². The van der Waals surface area contributed by atoms with Crippen molar-refractivity contribution in [2.24, 2.45) is 4.99 Å². The number of ether oxygens (including phenoxy) is 1. The van der Waals surface area contributed by atoms with E-state index < -0.39 is 10.0 Å². The Hall–Kier alpha value is -2.45. The lowest BCUT2D eigenvalue weighted by atomic mass is 10.2. The van der Waals surface area contributed by atoms with Crippen LogP contribution in [0.1, 0.15) is 5.69 Å². The maximum atomic E-state index is 13.2. The molecule has 0 aliphatic carbocycles. The summed E-state index contributed by atoms with van der Waals surface area (Å²) in [5.74, 6) is 1.29. The molecule has 4 rings (SSSR count). The molecule has 0 saturated carbocycles. The molecular formula is C19H19N3O3S2. The smallest absolute Gasteiger partial charge is 0.267 e. The van der Waals surface area contributed by atoms with E-state index in [1.807, 2.05) is 18.2 Å². The van der Waals surface area contributed by atoms with Crippen LogP contribution in [0.15, 0.2) is 58.4 Å². The van der Waals surface area contributed by atoms with E-state index in [1.54, 1.807) is 49.1 Å². The second-order valence-corrected chi connectivity index (χ2v) is 9.10. The second kappa shape index (κ2) is 6.94. The number of aromatic nitrogens is 1. The first-order chi connectivity index (χ1) is 13.0. The SMILES string of the molecule is COc1ccccc1S(=O)(=O)N(C)c1cccc2cc(C3=NCCS3)[nH]c12. The third-order valence-electron chi connectivity index (χ3n) is 4.50. The molecule has 1 aliphatic rings. The minimum atomic E-state index is -3.78. The lowest BCUT2D eigenvalue weighted by molar-refractivity contribution is 0.402. The van der Waals surface area contributed by atoms with Crippen LogP contribution in [-0.2, 0) is 10.0 Å². The van der Waals surface area contributed by atoms with E-state index in [9.17, 15) is 8.42 Å². The molecule has 6 nitrogen and oxygen atoms in total. The number of para-hydroxylation sites is 2. The van der Waals surface area contributed by atoms with E-state index >= 15 is 0 Å². The summed E-state index contributed by atoms with van der Waals surface area (Å²) in [6, 6.07) is 14.2. The highest BCUT2D eigenvalue weighted by Crippen LogP contribution is 2.33. The standard InChI is InChI=1S/C19H19N3O3S2/c1-22(27(23,24)17-9-4-3-8-16(17)25-2)15-7-5-6-13-12-14(21-18(13)15)19-20-10-11-26-19/h3-9,12,21H,10-11H2,1-2H3. The van der Waals surface area contributed by atoms with E-state index in [0.717, 1.165) is 33.9 Å². The summed E-state index contributed by atoms with van der Waals surface area (Å²) in [5, 5.41) is 1.91. The number of anilines is 1. The number of nitrogens with one attached hydrogen (secondary N) is 1. The van der Waals surface area contributed by atoms with E-state index in [1.165, 1.54) is 11.4 Å². The van der Waals surface area contributed by atoms with Gasteiger partial charge < -0.3 is 9.72 Å². The minimum absolute atomic E-state index is 0.134. The largest absolute Gasteiger partial charge is 0.495 e. The van der Waals surface area contributed by atoms with Crippen molar-refractivity contribution in [3.63, 3.8) is 0 Å². The Balaban J connectivity index is 1.81. The molecule has 0 fully saturated rings. The number of aromatic amines is 1. The Labute approximate surface area is 162 Å². The summed E-state index contributed by atoms with van der Waals surface area (Å²) in [4.78, 5) is 7.98. The molecular weight excluding hydrogens is 382 g/mol. The third-order valence-corrected chi connectivity index (χ3v) is 7.32. The van der Waals surface area contributed by atoms with Gasteiger partial charge >= 0.3 is 0 Å². The average molecular weight is 402 g/mol. The minimum Gasteiger partial charge on any atom is -0.495 e. The number of H-pyrrole nitrogens is 1. The molecule has 0 bridgehead atoms. The molecule has 0 spiro atoms. The zero-order valence-corrected chi connectivity index (χ0v) is 16.6. The van der Waals surface area contributed by atoms with Crippen molar-refractivity contribution in [1.82, 2.24) is 4.98 Å². The van der Waals surface area contributed by atoms with Crippen LogP contribution in [0, 0.1) is 0 Å².